The molecule has 0 spiro atoms. The van der Waals surface area contributed by atoms with Crippen LogP contribution in [-0.2, 0) is 6.54 Å². The molecule has 0 unspecified atom stereocenters. The molecule has 0 bridgehead atoms. The van der Waals surface area contributed by atoms with Crippen LogP contribution >= 0.6 is 23.2 Å². The third kappa shape index (κ3) is 2.40. The van der Waals surface area contributed by atoms with Crippen molar-refractivity contribution in [2.45, 2.75) is 19.9 Å². The first-order valence-electron chi connectivity index (χ1n) is 5.29. The molecule has 0 amide bonds. The molecule has 0 aromatic heterocycles. The maximum Gasteiger partial charge on any atom is 0.162 e. The van der Waals surface area contributed by atoms with E-state index in [0.29, 0.717) is 15.6 Å². The van der Waals surface area contributed by atoms with E-state index in [1.165, 1.54) is 13.3 Å². The smallest absolute Gasteiger partial charge is 0.162 e. The summed E-state index contributed by atoms with van der Waals surface area (Å²) in [6, 6.07) is 3.67. The van der Waals surface area contributed by atoms with Gasteiger partial charge in [0.2, 0.25) is 0 Å². The number of hydrogen-bond acceptors (Lipinski definition) is 2. The fourth-order valence-electron chi connectivity index (χ4n) is 1.85. The Bertz CT molecular complexity index is 404. The Morgan fingerprint density at radius 1 is 1.31 bits per heavy atom. The average molecular weight is 258 g/mol. The van der Waals surface area contributed by atoms with Gasteiger partial charge in [-0.25, -0.2) is 0 Å². The minimum absolute atomic E-state index is 0.0921. The van der Waals surface area contributed by atoms with Gasteiger partial charge < -0.3 is 0 Å². The highest BCUT2D eigenvalue weighted by Gasteiger charge is 2.17. The number of Topliss-reactive ketones (excluding diaryl/α,β-unsaturated/α-hetero) is 1. The molecule has 0 saturated carbocycles. The maximum absolute atomic E-state index is 11.3. The van der Waals surface area contributed by atoms with Gasteiger partial charge in [0.1, 0.15) is 0 Å². The molecule has 1 aromatic carbocycles. The Labute approximate surface area is 105 Å². The van der Waals surface area contributed by atoms with Crippen LogP contribution in [0.3, 0.4) is 0 Å². The Morgan fingerprint density at radius 2 is 1.88 bits per heavy atom. The van der Waals surface area contributed by atoms with Gasteiger partial charge in [-0.3, -0.25) is 9.69 Å². The molecule has 2 rings (SSSR count). The number of nitrogens with zero attached hydrogens (tertiary/aromatic N) is 1. The summed E-state index contributed by atoms with van der Waals surface area (Å²) in [5, 5.41) is 0.908. The van der Waals surface area contributed by atoms with Crippen molar-refractivity contribution in [2.24, 2.45) is 0 Å². The Balaban J connectivity index is 2.25. The van der Waals surface area contributed by atoms with Gasteiger partial charge in [-0.2, -0.15) is 0 Å². The summed E-state index contributed by atoms with van der Waals surface area (Å²) in [6.45, 7) is 4.59. The van der Waals surface area contributed by atoms with E-state index in [4.69, 9.17) is 23.2 Å². The number of rotatable bonds is 3. The van der Waals surface area contributed by atoms with E-state index in [0.717, 1.165) is 25.2 Å². The van der Waals surface area contributed by atoms with Crippen LogP contribution in [0.5, 0.6) is 0 Å². The van der Waals surface area contributed by atoms with Crippen LogP contribution in [0.25, 0.3) is 0 Å². The molecule has 0 atom stereocenters. The minimum Gasteiger partial charge on any atom is -0.299 e. The molecule has 0 aliphatic carbocycles. The number of hydrogen-bond donors (Lipinski definition) is 0. The second-order valence-corrected chi connectivity index (χ2v) is 4.93. The second kappa shape index (κ2) is 4.74. The van der Waals surface area contributed by atoms with Gasteiger partial charge in [0.15, 0.2) is 5.78 Å². The summed E-state index contributed by atoms with van der Waals surface area (Å²) in [7, 11) is 0. The van der Waals surface area contributed by atoms with Crippen LogP contribution in [0.2, 0.25) is 10.0 Å². The lowest BCUT2D eigenvalue weighted by atomic mass is 10.1. The quantitative estimate of drug-likeness (QED) is 0.774. The topological polar surface area (TPSA) is 20.3 Å². The summed E-state index contributed by atoms with van der Waals surface area (Å²) >= 11 is 12.1. The molecule has 1 fully saturated rings. The van der Waals surface area contributed by atoms with Crippen molar-refractivity contribution in [1.29, 1.82) is 0 Å². The molecule has 86 valence electrons. The van der Waals surface area contributed by atoms with Gasteiger partial charge >= 0.3 is 0 Å². The summed E-state index contributed by atoms with van der Waals surface area (Å²) in [4.78, 5) is 13.6. The third-order valence-corrected chi connectivity index (χ3v) is 3.41. The van der Waals surface area contributed by atoms with Crippen LogP contribution in [0, 0.1) is 0 Å². The van der Waals surface area contributed by atoms with E-state index in [1.54, 1.807) is 0 Å². The fourth-order valence-corrected chi connectivity index (χ4v) is 2.65. The van der Waals surface area contributed by atoms with E-state index in [9.17, 15) is 4.79 Å². The van der Waals surface area contributed by atoms with E-state index in [-0.39, 0.29) is 5.78 Å². The lowest BCUT2D eigenvalue weighted by Gasteiger charge is -2.30. The molecule has 0 radical (unpaired) electrons. The van der Waals surface area contributed by atoms with Gasteiger partial charge in [0.25, 0.3) is 0 Å². The monoisotopic (exact) mass is 257 g/mol. The third-order valence-electron chi connectivity index (χ3n) is 2.81. The van der Waals surface area contributed by atoms with Gasteiger partial charge in [0, 0.05) is 6.54 Å². The molecule has 1 heterocycles. The molecule has 1 saturated heterocycles. The van der Waals surface area contributed by atoms with Crippen LogP contribution < -0.4 is 0 Å². The van der Waals surface area contributed by atoms with Crippen molar-refractivity contribution in [2.75, 3.05) is 13.1 Å². The number of halogens is 2. The second-order valence-electron chi connectivity index (χ2n) is 4.12. The first-order chi connectivity index (χ1) is 7.58. The van der Waals surface area contributed by atoms with E-state index >= 15 is 0 Å². The van der Waals surface area contributed by atoms with Crippen molar-refractivity contribution in [3.8, 4) is 0 Å². The van der Waals surface area contributed by atoms with Gasteiger partial charge in [-0.15, -0.1) is 0 Å². The van der Waals surface area contributed by atoms with Gasteiger partial charge in [-0.05, 0) is 44.1 Å². The summed E-state index contributed by atoms with van der Waals surface area (Å²) in [5.41, 5.74) is 1.50. The van der Waals surface area contributed by atoms with E-state index < -0.39 is 0 Å². The predicted octanol–water partition coefficient (Wildman–Crippen LogP) is 3.40. The Morgan fingerprint density at radius 3 is 2.25 bits per heavy atom. The number of likely N-dealkylation sites (tertiary alicyclic amines) is 1. The van der Waals surface area contributed by atoms with Crippen molar-refractivity contribution in [3.63, 3.8) is 0 Å². The summed E-state index contributed by atoms with van der Waals surface area (Å²) in [5.74, 6) is -0.0921. The normalized spacial score (nSPS) is 15.9. The van der Waals surface area contributed by atoms with Crippen LogP contribution in [0.15, 0.2) is 12.1 Å². The Kier molecular flexibility index (Phi) is 3.53. The fraction of sp³-hybridized carbons (Fsp3) is 0.417. The molecular formula is C12H13Cl2NO. The Hall–Kier alpha value is -0.570. The molecular weight excluding hydrogens is 245 g/mol. The predicted molar refractivity (Wildman–Crippen MR) is 66.4 cm³/mol. The minimum atomic E-state index is -0.0921. The molecule has 2 nitrogen and oxygen atoms in total. The number of ketones is 1. The van der Waals surface area contributed by atoms with E-state index in [2.05, 4.69) is 4.90 Å². The van der Waals surface area contributed by atoms with Crippen molar-refractivity contribution >= 4 is 29.0 Å². The molecule has 4 heteroatoms. The highest BCUT2D eigenvalue weighted by atomic mass is 35.5. The van der Waals surface area contributed by atoms with E-state index in [1.807, 2.05) is 12.1 Å². The number of carbonyl (C=O) groups excluding carboxylic acids is 1. The number of carbonyl (C=O) groups is 1. The highest BCUT2D eigenvalue weighted by molar-refractivity contribution is 6.39. The van der Waals surface area contributed by atoms with Gasteiger partial charge in [0.05, 0.1) is 15.6 Å². The first kappa shape index (κ1) is 11.9. The molecule has 1 aliphatic heterocycles. The first-order valence-corrected chi connectivity index (χ1v) is 6.04. The standard InChI is InChI=1S/C12H13Cl2NO/c1-8(16)12-10(13)5-9(6-11(12)14)7-15-3-2-4-15/h5-6H,2-4,7H2,1H3. The largest absolute Gasteiger partial charge is 0.299 e. The van der Waals surface area contributed by atoms with Crippen molar-refractivity contribution in [1.82, 2.24) is 4.90 Å². The zero-order valence-corrected chi connectivity index (χ0v) is 10.6. The molecule has 1 aliphatic rings. The van der Waals surface area contributed by atoms with Crippen molar-refractivity contribution in [3.05, 3.63) is 33.3 Å². The molecule has 0 N–H and O–H groups in total. The summed E-state index contributed by atoms with van der Waals surface area (Å²) < 4.78 is 0. The van der Waals surface area contributed by atoms with Crippen LogP contribution in [0.1, 0.15) is 29.3 Å². The van der Waals surface area contributed by atoms with Crippen LogP contribution in [-0.4, -0.2) is 23.8 Å². The lowest BCUT2D eigenvalue weighted by Crippen LogP contribution is -2.36. The maximum atomic E-state index is 11.3. The zero-order chi connectivity index (χ0) is 11.7. The SMILES string of the molecule is CC(=O)c1c(Cl)cc(CN2CCC2)cc1Cl. The molecule has 16 heavy (non-hydrogen) atoms. The highest BCUT2D eigenvalue weighted by Crippen LogP contribution is 2.28. The van der Waals surface area contributed by atoms with Gasteiger partial charge in [-0.1, -0.05) is 23.2 Å². The van der Waals surface area contributed by atoms with Crippen LogP contribution in [0.4, 0.5) is 0 Å². The van der Waals surface area contributed by atoms with Crippen molar-refractivity contribution < 1.29 is 4.79 Å². The average Bonchev–Trinajstić information content (AvgIpc) is 2.09. The summed E-state index contributed by atoms with van der Waals surface area (Å²) in [6.07, 6.45) is 1.26. The number of benzene rings is 1. The lowest BCUT2D eigenvalue weighted by molar-refractivity contribution is 0.101. The molecule has 1 aromatic rings. The zero-order valence-electron chi connectivity index (χ0n) is 9.09.